The second-order valence-corrected chi connectivity index (χ2v) is 9.01. The number of thioether (sulfide) groups is 1. The first kappa shape index (κ1) is 22.4. The average molecular weight is 446 g/mol. The Bertz CT molecular complexity index is 1050. The maximum Gasteiger partial charge on any atom is 0.230 e. The number of amides is 1. The monoisotopic (exact) mass is 445 g/mol. The van der Waals surface area contributed by atoms with Gasteiger partial charge in [0.15, 0.2) is 11.5 Å². The minimum absolute atomic E-state index is 0.00473. The van der Waals surface area contributed by atoms with Crippen molar-refractivity contribution in [1.29, 1.82) is 0 Å². The van der Waals surface area contributed by atoms with E-state index in [0.29, 0.717) is 23.8 Å². The number of carbonyl (C=O) groups is 1. The molecule has 0 fully saturated rings. The summed E-state index contributed by atoms with van der Waals surface area (Å²) in [6, 6.07) is 5.79. The van der Waals surface area contributed by atoms with Crippen molar-refractivity contribution in [3.8, 4) is 11.5 Å². The highest BCUT2D eigenvalue weighted by Gasteiger charge is 2.15. The number of nitrogens with zero attached hydrogens (tertiary/aromatic N) is 2. The van der Waals surface area contributed by atoms with Crippen LogP contribution in [0.1, 0.15) is 28.8 Å². The maximum atomic E-state index is 12.4. The number of aromatic nitrogens is 2. The Labute approximate surface area is 185 Å². The molecule has 0 bridgehead atoms. The van der Waals surface area contributed by atoms with Gasteiger partial charge in [-0.15, -0.1) is 11.3 Å². The Morgan fingerprint density at radius 3 is 2.63 bits per heavy atom. The number of aryl methyl sites for hydroxylation is 3. The Morgan fingerprint density at radius 2 is 1.93 bits per heavy atom. The van der Waals surface area contributed by atoms with Gasteiger partial charge in [-0.1, -0.05) is 24.8 Å². The fraction of sp³-hybridized carbons (Fsp3) is 0.409. The first-order valence-electron chi connectivity index (χ1n) is 9.83. The maximum absolute atomic E-state index is 12.4. The normalized spacial score (nSPS) is 11.0. The molecule has 0 saturated carbocycles. The molecule has 6 nitrogen and oxygen atoms in total. The van der Waals surface area contributed by atoms with Gasteiger partial charge < -0.3 is 14.8 Å². The van der Waals surface area contributed by atoms with E-state index in [9.17, 15) is 4.79 Å². The Morgan fingerprint density at radius 1 is 1.17 bits per heavy atom. The van der Waals surface area contributed by atoms with Crippen molar-refractivity contribution in [3.63, 3.8) is 0 Å². The smallest absolute Gasteiger partial charge is 0.230 e. The van der Waals surface area contributed by atoms with Crippen molar-refractivity contribution < 1.29 is 14.3 Å². The zero-order chi connectivity index (χ0) is 21.7. The summed E-state index contributed by atoms with van der Waals surface area (Å²) in [6.07, 6.45) is 1.49. The minimum Gasteiger partial charge on any atom is -0.493 e. The number of hydrogen-bond acceptors (Lipinski definition) is 7. The molecule has 2 aromatic heterocycles. The molecular formula is C22H27N3O3S2. The van der Waals surface area contributed by atoms with Gasteiger partial charge in [-0.25, -0.2) is 9.97 Å². The molecule has 8 heteroatoms. The lowest BCUT2D eigenvalue weighted by molar-refractivity contribution is -0.118. The third-order valence-electron chi connectivity index (χ3n) is 4.88. The van der Waals surface area contributed by atoms with Crippen LogP contribution in [0, 0.1) is 13.8 Å². The molecule has 1 amide bonds. The van der Waals surface area contributed by atoms with Gasteiger partial charge in [0, 0.05) is 23.2 Å². The molecule has 0 aliphatic heterocycles. The fourth-order valence-electron chi connectivity index (χ4n) is 3.08. The number of benzene rings is 1. The molecule has 3 aromatic rings. The first-order valence-corrected chi connectivity index (χ1v) is 11.6. The number of methoxy groups -OCH3 is 2. The first-order chi connectivity index (χ1) is 14.5. The molecule has 3 rings (SSSR count). The van der Waals surface area contributed by atoms with Gasteiger partial charge in [-0.2, -0.15) is 0 Å². The second-order valence-electron chi connectivity index (χ2n) is 6.84. The van der Waals surface area contributed by atoms with E-state index in [1.54, 1.807) is 25.6 Å². The van der Waals surface area contributed by atoms with Crippen LogP contribution < -0.4 is 14.8 Å². The average Bonchev–Trinajstić information content (AvgIpc) is 3.05. The quantitative estimate of drug-likeness (QED) is 0.390. The standard InChI is InChI=1S/C22H27N3O3S2/c1-6-18-24-21(20-13(2)14(3)30-22(20)25-18)29-12-19(26)23-10-9-15-7-8-16(27-4)17(11-15)28-5/h7-8,11H,6,9-10,12H2,1-5H3,(H,23,26). The molecular weight excluding hydrogens is 418 g/mol. The van der Waals surface area contributed by atoms with E-state index in [4.69, 9.17) is 9.47 Å². The van der Waals surface area contributed by atoms with Gasteiger partial charge in [-0.05, 0) is 43.5 Å². The van der Waals surface area contributed by atoms with E-state index in [1.165, 1.54) is 22.2 Å². The molecule has 160 valence electrons. The number of carbonyl (C=O) groups excluding carboxylic acids is 1. The van der Waals surface area contributed by atoms with Crippen molar-refractivity contribution in [2.75, 3.05) is 26.5 Å². The van der Waals surface area contributed by atoms with Gasteiger partial charge in [0.25, 0.3) is 0 Å². The van der Waals surface area contributed by atoms with Crippen LogP contribution in [-0.2, 0) is 17.6 Å². The number of fused-ring (bicyclic) bond motifs is 1. The highest BCUT2D eigenvalue weighted by atomic mass is 32.2. The van der Waals surface area contributed by atoms with E-state index >= 15 is 0 Å². The van der Waals surface area contributed by atoms with Crippen LogP contribution in [0.3, 0.4) is 0 Å². The van der Waals surface area contributed by atoms with Crippen LogP contribution in [0.25, 0.3) is 10.2 Å². The molecule has 0 aliphatic rings. The molecule has 2 heterocycles. The van der Waals surface area contributed by atoms with Crippen LogP contribution in [-0.4, -0.2) is 42.4 Å². The van der Waals surface area contributed by atoms with Crippen LogP contribution in [0.4, 0.5) is 0 Å². The number of nitrogens with one attached hydrogen (secondary N) is 1. The number of thiophene rings is 1. The molecule has 0 aliphatic carbocycles. The summed E-state index contributed by atoms with van der Waals surface area (Å²) >= 11 is 3.17. The van der Waals surface area contributed by atoms with E-state index in [-0.39, 0.29) is 5.91 Å². The van der Waals surface area contributed by atoms with E-state index in [0.717, 1.165) is 39.5 Å². The summed E-state index contributed by atoms with van der Waals surface area (Å²) in [5, 5.41) is 4.97. The van der Waals surface area contributed by atoms with Gasteiger partial charge >= 0.3 is 0 Å². The van der Waals surface area contributed by atoms with Crippen molar-refractivity contribution >= 4 is 39.2 Å². The molecule has 0 spiro atoms. The molecule has 0 radical (unpaired) electrons. The molecule has 30 heavy (non-hydrogen) atoms. The van der Waals surface area contributed by atoms with Crippen molar-refractivity contribution in [3.05, 3.63) is 40.0 Å². The molecule has 0 atom stereocenters. The van der Waals surface area contributed by atoms with Gasteiger partial charge in [0.05, 0.1) is 20.0 Å². The lowest BCUT2D eigenvalue weighted by Crippen LogP contribution is -2.27. The molecule has 1 N–H and O–H groups in total. The van der Waals surface area contributed by atoms with E-state index in [1.807, 2.05) is 25.1 Å². The topological polar surface area (TPSA) is 73.3 Å². The zero-order valence-corrected chi connectivity index (χ0v) is 19.6. The highest BCUT2D eigenvalue weighted by molar-refractivity contribution is 8.00. The summed E-state index contributed by atoms with van der Waals surface area (Å²) < 4.78 is 10.6. The fourth-order valence-corrected chi connectivity index (χ4v) is 5.13. The lowest BCUT2D eigenvalue weighted by Gasteiger charge is -2.10. The summed E-state index contributed by atoms with van der Waals surface area (Å²) in [7, 11) is 3.23. The van der Waals surface area contributed by atoms with Crippen molar-refractivity contribution in [2.24, 2.45) is 0 Å². The second kappa shape index (κ2) is 10.1. The van der Waals surface area contributed by atoms with E-state index < -0.39 is 0 Å². The van der Waals surface area contributed by atoms with Gasteiger partial charge in [0.1, 0.15) is 15.7 Å². The van der Waals surface area contributed by atoms with Gasteiger partial charge in [-0.3, -0.25) is 4.79 Å². The summed E-state index contributed by atoms with van der Waals surface area (Å²) in [4.78, 5) is 24.0. The van der Waals surface area contributed by atoms with Crippen LogP contribution in [0.5, 0.6) is 11.5 Å². The third-order valence-corrected chi connectivity index (χ3v) is 6.96. The van der Waals surface area contributed by atoms with E-state index in [2.05, 4.69) is 29.1 Å². The van der Waals surface area contributed by atoms with Crippen LogP contribution in [0.2, 0.25) is 0 Å². The lowest BCUT2D eigenvalue weighted by atomic mass is 10.1. The van der Waals surface area contributed by atoms with Crippen molar-refractivity contribution in [2.45, 2.75) is 38.6 Å². The van der Waals surface area contributed by atoms with Crippen LogP contribution in [0.15, 0.2) is 23.2 Å². The number of hydrogen-bond donors (Lipinski definition) is 1. The summed E-state index contributed by atoms with van der Waals surface area (Å²) in [5.74, 6) is 2.53. The number of rotatable bonds is 9. The SMILES string of the molecule is CCc1nc(SCC(=O)NCCc2ccc(OC)c(OC)c2)c2c(C)c(C)sc2n1. The predicted octanol–water partition coefficient (Wildman–Crippen LogP) is 4.34. The summed E-state index contributed by atoms with van der Waals surface area (Å²) in [6.45, 7) is 6.80. The largest absolute Gasteiger partial charge is 0.493 e. The molecule has 1 aromatic carbocycles. The minimum atomic E-state index is -0.00473. The highest BCUT2D eigenvalue weighted by Crippen LogP contribution is 2.35. The molecule has 0 saturated heterocycles. The zero-order valence-electron chi connectivity index (χ0n) is 18.0. The Balaban J connectivity index is 1.59. The Kier molecular flexibility index (Phi) is 7.55. The Hall–Kier alpha value is -2.32. The van der Waals surface area contributed by atoms with Crippen LogP contribution >= 0.6 is 23.1 Å². The van der Waals surface area contributed by atoms with Crippen molar-refractivity contribution in [1.82, 2.24) is 15.3 Å². The predicted molar refractivity (Wildman–Crippen MR) is 123 cm³/mol. The van der Waals surface area contributed by atoms with Gasteiger partial charge in [0.2, 0.25) is 5.91 Å². The molecule has 0 unspecified atom stereocenters. The summed E-state index contributed by atoms with van der Waals surface area (Å²) in [5.41, 5.74) is 2.28. The third kappa shape index (κ3) is 5.05. The number of ether oxygens (including phenoxy) is 2.